The average Bonchev–Trinajstić information content (AvgIpc) is 3.20. The number of carbonyl (C=O) groups is 1. The molecule has 4 aromatic carbocycles. The normalized spacial score (nSPS) is 15.8. The number of aryl methyl sites for hydroxylation is 2. The predicted octanol–water partition coefficient (Wildman–Crippen LogP) is 5.84. The van der Waals surface area contributed by atoms with Gasteiger partial charge in [-0.3, -0.25) is 4.79 Å². The van der Waals surface area contributed by atoms with Gasteiger partial charge in [-0.25, -0.2) is 19.9 Å². The van der Waals surface area contributed by atoms with E-state index in [9.17, 15) is 20.1 Å². The Morgan fingerprint density at radius 1 is 0.673 bits per heavy atom. The van der Waals surface area contributed by atoms with Crippen LogP contribution in [0.1, 0.15) is 31.4 Å². The lowest BCUT2D eigenvalue weighted by atomic mass is 10.0. The van der Waals surface area contributed by atoms with Crippen LogP contribution >= 0.6 is 0 Å². The highest BCUT2D eigenvalue weighted by atomic mass is 16.3. The molecule has 12 heteroatoms. The summed E-state index contributed by atoms with van der Waals surface area (Å²) in [6.07, 6.45) is 0.381. The van der Waals surface area contributed by atoms with Crippen molar-refractivity contribution in [3.05, 3.63) is 96.1 Å². The second-order valence-corrected chi connectivity index (χ2v) is 14.5. The SMILES string of the molecule is CCC(C)(O)C(=O)N1CCN(c2nc(-c3ccccc3O)nc3cc(C)ccc23)CC1.Cc1ccc2c(N3CCNCC3)nc(-c3ccccc3O)nc2c1. The van der Waals surface area contributed by atoms with E-state index in [1.54, 1.807) is 42.2 Å². The van der Waals surface area contributed by atoms with Gasteiger partial charge in [0.25, 0.3) is 5.91 Å². The van der Waals surface area contributed by atoms with E-state index in [1.807, 2.05) is 50.2 Å². The molecule has 2 saturated heterocycles. The van der Waals surface area contributed by atoms with Crippen molar-refractivity contribution >= 4 is 39.3 Å². The van der Waals surface area contributed by atoms with Crippen molar-refractivity contribution in [3.63, 3.8) is 0 Å². The van der Waals surface area contributed by atoms with Gasteiger partial charge < -0.3 is 35.3 Å². The van der Waals surface area contributed by atoms with E-state index in [1.165, 1.54) is 0 Å². The van der Waals surface area contributed by atoms with Gasteiger partial charge in [-0.15, -0.1) is 0 Å². The number of piperazine rings is 2. The molecule has 1 amide bonds. The molecule has 2 aliphatic heterocycles. The topological polar surface area (TPSA) is 151 Å². The Balaban J connectivity index is 0.000000174. The van der Waals surface area contributed by atoms with Gasteiger partial charge in [0.15, 0.2) is 11.6 Å². The molecule has 4 heterocycles. The molecule has 284 valence electrons. The molecule has 6 aromatic rings. The van der Waals surface area contributed by atoms with E-state index in [2.05, 4.69) is 40.2 Å². The molecule has 55 heavy (non-hydrogen) atoms. The van der Waals surface area contributed by atoms with Crippen LogP contribution in [0.3, 0.4) is 0 Å². The molecule has 12 nitrogen and oxygen atoms in total. The third-order valence-corrected chi connectivity index (χ3v) is 10.4. The van der Waals surface area contributed by atoms with E-state index >= 15 is 0 Å². The number of aromatic nitrogens is 4. The van der Waals surface area contributed by atoms with Crippen molar-refractivity contribution in [2.24, 2.45) is 0 Å². The van der Waals surface area contributed by atoms with E-state index < -0.39 is 5.60 Å². The number of fused-ring (bicyclic) bond motifs is 2. The highest BCUT2D eigenvalue weighted by molar-refractivity contribution is 5.93. The molecular formula is C43H48N8O4. The fourth-order valence-electron chi connectivity index (χ4n) is 6.98. The summed E-state index contributed by atoms with van der Waals surface area (Å²) in [6, 6.07) is 26.6. The minimum absolute atomic E-state index is 0.137. The number of benzene rings is 4. The second kappa shape index (κ2) is 15.9. The lowest BCUT2D eigenvalue weighted by Crippen LogP contribution is -2.55. The van der Waals surface area contributed by atoms with E-state index in [-0.39, 0.29) is 17.4 Å². The molecule has 4 N–H and O–H groups in total. The van der Waals surface area contributed by atoms with Crippen molar-refractivity contribution in [3.8, 4) is 34.3 Å². The Bertz CT molecular complexity index is 2330. The number of phenolic OH excluding ortho intramolecular Hbond substituents is 2. The maximum absolute atomic E-state index is 12.6. The largest absolute Gasteiger partial charge is 0.507 e. The number of hydrogen-bond donors (Lipinski definition) is 4. The van der Waals surface area contributed by atoms with Gasteiger partial charge in [0.2, 0.25) is 0 Å². The number of anilines is 2. The lowest BCUT2D eigenvalue weighted by molar-refractivity contribution is -0.150. The third kappa shape index (κ3) is 8.01. The van der Waals surface area contributed by atoms with Crippen LogP contribution in [0.2, 0.25) is 0 Å². The second-order valence-electron chi connectivity index (χ2n) is 14.5. The molecule has 0 radical (unpaired) electrons. The molecule has 0 saturated carbocycles. The van der Waals surface area contributed by atoms with Gasteiger partial charge in [-0.1, -0.05) is 43.3 Å². The van der Waals surface area contributed by atoms with E-state index in [4.69, 9.17) is 19.9 Å². The summed E-state index contributed by atoms with van der Waals surface area (Å²) in [5.41, 5.74) is 3.90. The maximum atomic E-state index is 12.6. The standard InChI is InChI=1S/C24H28N4O3.C19H20N4O/c1-4-24(3,31)23(30)28-13-11-27(12-14-28)22-17-10-9-16(2)15-19(17)25-21(26-22)18-7-5-6-8-20(18)29;1-13-6-7-14-16(12-13)21-18(15-4-2-3-5-17(15)24)22-19(14)23-10-8-20-9-11-23/h5-10,15,29,31H,4,11-14H2,1-3H3;2-7,12,20,24H,8-11H2,1H3. The number of phenols is 2. The summed E-state index contributed by atoms with van der Waals surface area (Å²) in [5, 5.41) is 36.2. The average molecular weight is 741 g/mol. The van der Waals surface area contributed by atoms with Crippen LogP contribution in [0.25, 0.3) is 44.6 Å². The zero-order valence-corrected chi connectivity index (χ0v) is 31.8. The first kappa shape index (κ1) is 37.5. The molecule has 0 bridgehead atoms. The van der Waals surface area contributed by atoms with E-state index in [0.29, 0.717) is 55.4 Å². The Kier molecular flexibility index (Phi) is 10.8. The van der Waals surface area contributed by atoms with Gasteiger partial charge in [0, 0.05) is 63.1 Å². The van der Waals surface area contributed by atoms with Crippen LogP contribution in [0.5, 0.6) is 11.5 Å². The summed E-state index contributed by atoms with van der Waals surface area (Å²) in [7, 11) is 0. The number of aromatic hydroxyl groups is 2. The molecule has 0 spiro atoms. The van der Waals surface area contributed by atoms with Gasteiger partial charge in [-0.05, 0) is 86.8 Å². The molecule has 2 aliphatic rings. The Labute approximate surface area is 321 Å². The van der Waals surface area contributed by atoms with Crippen molar-refractivity contribution in [2.75, 3.05) is 62.2 Å². The molecule has 1 unspecified atom stereocenters. The molecule has 8 rings (SSSR count). The molecule has 1 atom stereocenters. The summed E-state index contributed by atoms with van der Waals surface area (Å²) < 4.78 is 0. The molecule has 2 fully saturated rings. The quantitative estimate of drug-likeness (QED) is 0.163. The first-order valence-electron chi connectivity index (χ1n) is 18.9. The van der Waals surface area contributed by atoms with Crippen molar-refractivity contribution < 1.29 is 20.1 Å². The number of nitrogens with one attached hydrogen (secondary N) is 1. The highest BCUT2D eigenvalue weighted by Crippen LogP contribution is 2.34. The van der Waals surface area contributed by atoms with Gasteiger partial charge in [-0.2, -0.15) is 0 Å². The summed E-state index contributed by atoms with van der Waals surface area (Å²) in [4.78, 5) is 37.8. The van der Waals surface area contributed by atoms with Crippen LogP contribution < -0.4 is 15.1 Å². The minimum Gasteiger partial charge on any atom is -0.507 e. The summed E-state index contributed by atoms with van der Waals surface area (Å²) in [6.45, 7) is 13.4. The number of amides is 1. The maximum Gasteiger partial charge on any atom is 0.254 e. The van der Waals surface area contributed by atoms with Gasteiger partial charge in [0.05, 0.1) is 22.2 Å². The minimum atomic E-state index is -1.33. The van der Waals surface area contributed by atoms with Crippen molar-refractivity contribution in [1.29, 1.82) is 0 Å². The van der Waals surface area contributed by atoms with Gasteiger partial charge in [0.1, 0.15) is 28.7 Å². The number of para-hydroxylation sites is 2. The summed E-state index contributed by atoms with van der Waals surface area (Å²) >= 11 is 0. The van der Waals surface area contributed by atoms with Crippen LogP contribution in [-0.4, -0.2) is 104 Å². The Morgan fingerprint density at radius 3 is 1.58 bits per heavy atom. The Morgan fingerprint density at radius 2 is 1.13 bits per heavy atom. The predicted molar refractivity (Wildman–Crippen MR) is 218 cm³/mol. The number of rotatable bonds is 6. The van der Waals surface area contributed by atoms with Crippen LogP contribution in [0.4, 0.5) is 11.6 Å². The molecule has 2 aromatic heterocycles. The van der Waals surface area contributed by atoms with Crippen LogP contribution in [0.15, 0.2) is 84.9 Å². The number of carbonyl (C=O) groups excluding carboxylic acids is 1. The molecule has 0 aliphatic carbocycles. The number of aliphatic hydroxyl groups is 1. The van der Waals surface area contributed by atoms with Crippen molar-refractivity contribution in [2.45, 2.75) is 39.7 Å². The fourth-order valence-corrected chi connectivity index (χ4v) is 6.98. The highest BCUT2D eigenvalue weighted by Gasteiger charge is 2.34. The van der Waals surface area contributed by atoms with Crippen LogP contribution in [-0.2, 0) is 4.79 Å². The lowest BCUT2D eigenvalue weighted by Gasteiger charge is -2.38. The first-order valence-corrected chi connectivity index (χ1v) is 18.9. The van der Waals surface area contributed by atoms with E-state index in [0.717, 1.165) is 70.7 Å². The zero-order chi connectivity index (χ0) is 38.7. The smallest absolute Gasteiger partial charge is 0.254 e. The molecular weight excluding hydrogens is 693 g/mol. The van der Waals surface area contributed by atoms with Crippen molar-refractivity contribution in [1.82, 2.24) is 30.2 Å². The monoisotopic (exact) mass is 740 g/mol. The number of nitrogens with zero attached hydrogens (tertiary/aromatic N) is 7. The van der Waals surface area contributed by atoms with Gasteiger partial charge >= 0.3 is 0 Å². The first-order chi connectivity index (χ1) is 26.5. The van der Waals surface area contributed by atoms with Crippen LogP contribution in [0, 0.1) is 13.8 Å². The summed E-state index contributed by atoms with van der Waals surface area (Å²) in [5.74, 6) is 2.89. The fraction of sp³-hybridized carbons (Fsp3) is 0.326. The Hall–Kier alpha value is -5.85. The number of hydrogen-bond acceptors (Lipinski definition) is 11. The zero-order valence-electron chi connectivity index (χ0n) is 31.8. The third-order valence-electron chi connectivity index (χ3n) is 10.4.